The van der Waals surface area contributed by atoms with Crippen LogP contribution >= 0.6 is 11.3 Å². The summed E-state index contributed by atoms with van der Waals surface area (Å²) in [5.41, 5.74) is 2.49. The summed E-state index contributed by atoms with van der Waals surface area (Å²) in [6.07, 6.45) is 0. The summed E-state index contributed by atoms with van der Waals surface area (Å²) in [6.45, 7) is 3.75. The maximum Gasteiger partial charge on any atom is 0.240 e. The lowest BCUT2D eigenvalue weighted by Crippen LogP contribution is -2.31. The minimum atomic E-state index is 0.0454. The molecule has 2 heterocycles. The van der Waals surface area contributed by atoms with Crippen molar-refractivity contribution in [1.82, 2.24) is 9.97 Å². The number of ether oxygens (including phenoxy) is 1. The summed E-state index contributed by atoms with van der Waals surface area (Å²) in [7, 11) is 1.65. The fraction of sp³-hybridized carbons (Fsp3) is 0.500. The van der Waals surface area contributed by atoms with Crippen LogP contribution < -0.4 is 16.2 Å². The third-order valence-corrected chi connectivity index (χ3v) is 3.80. The number of thiophene rings is 1. The van der Waals surface area contributed by atoms with Crippen molar-refractivity contribution in [2.45, 2.75) is 6.92 Å². The van der Waals surface area contributed by atoms with Gasteiger partial charge in [-0.25, -0.2) is 10.8 Å². The lowest BCUT2D eigenvalue weighted by molar-refractivity contribution is 0.202. The second-order valence-electron chi connectivity index (χ2n) is 4.29. The highest BCUT2D eigenvalue weighted by molar-refractivity contribution is 7.18. The van der Waals surface area contributed by atoms with Gasteiger partial charge in [0.05, 0.1) is 18.6 Å². The molecule has 0 saturated carbocycles. The SMILES string of the molecule is COCCN(CCO)c1nc(NN)nc2sc(C)cc12. The summed E-state index contributed by atoms with van der Waals surface area (Å²) < 4.78 is 5.11. The first-order chi connectivity index (χ1) is 9.69. The van der Waals surface area contributed by atoms with Crippen molar-refractivity contribution in [2.24, 2.45) is 5.84 Å². The van der Waals surface area contributed by atoms with E-state index >= 15 is 0 Å². The number of aromatic nitrogens is 2. The van der Waals surface area contributed by atoms with E-state index in [1.165, 1.54) is 0 Å². The molecule has 0 fully saturated rings. The summed E-state index contributed by atoms with van der Waals surface area (Å²) in [6, 6.07) is 2.05. The van der Waals surface area contributed by atoms with Crippen molar-refractivity contribution in [1.29, 1.82) is 0 Å². The Morgan fingerprint density at radius 2 is 2.25 bits per heavy atom. The van der Waals surface area contributed by atoms with Crippen LogP contribution in [-0.2, 0) is 4.74 Å². The topological polar surface area (TPSA) is 96.5 Å². The standard InChI is InChI=1S/C12H19N5O2S/c1-8-7-9-10(17(3-5-18)4-6-19-2)14-12(16-13)15-11(9)20-8/h7,18H,3-6,13H2,1-2H3,(H,14,15,16). The van der Waals surface area contributed by atoms with Crippen LogP contribution in [0, 0.1) is 6.92 Å². The van der Waals surface area contributed by atoms with E-state index in [1.807, 2.05) is 17.9 Å². The van der Waals surface area contributed by atoms with E-state index in [-0.39, 0.29) is 6.61 Å². The summed E-state index contributed by atoms with van der Waals surface area (Å²) >= 11 is 1.59. The number of anilines is 2. The fourth-order valence-electron chi connectivity index (χ4n) is 1.98. The molecule has 2 aromatic rings. The van der Waals surface area contributed by atoms with Crippen LogP contribution in [0.4, 0.5) is 11.8 Å². The molecule has 110 valence electrons. The Morgan fingerprint density at radius 3 is 2.90 bits per heavy atom. The van der Waals surface area contributed by atoms with Crippen LogP contribution in [0.15, 0.2) is 6.07 Å². The Hall–Kier alpha value is -1.48. The van der Waals surface area contributed by atoms with Crippen LogP contribution in [0.1, 0.15) is 4.88 Å². The molecule has 7 nitrogen and oxygen atoms in total. The normalized spacial score (nSPS) is 11.0. The Kier molecular flexibility index (Phi) is 5.07. The molecule has 0 atom stereocenters. The summed E-state index contributed by atoms with van der Waals surface area (Å²) in [4.78, 5) is 12.8. The summed E-state index contributed by atoms with van der Waals surface area (Å²) in [5.74, 6) is 6.56. The van der Waals surface area contributed by atoms with E-state index in [0.717, 1.165) is 20.9 Å². The zero-order valence-electron chi connectivity index (χ0n) is 11.6. The molecule has 0 bridgehead atoms. The minimum Gasteiger partial charge on any atom is -0.395 e. The molecule has 0 aliphatic carbocycles. The van der Waals surface area contributed by atoms with Gasteiger partial charge in [0, 0.05) is 25.1 Å². The first-order valence-corrected chi connectivity index (χ1v) is 7.10. The zero-order valence-corrected chi connectivity index (χ0v) is 12.4. The van der Waals surface area contributed by atoms with Crippen LogP contribution in [-0.4, -0.2) is 48.5 Å². The molecule has 0 spiro atoms. The van der Waals surface area contributed by atoms with Gasteiger partial charge in [-0.05, 0) is 13.0 Å². The van der Waals surface area contributed by atoms with Gasteiger partial charge in [-0.2, -0.15) is 4.98 Å². The van der Waals surface area contributed by atoms with Gasteiger partial charge in [0.25, 0.3) is 0 Å². The number of nitrogens with zero attached hydrogens (tertiary/aromatic N) is 3. The van der Waals surface area contributed by atoms with Crippen LogP contribution in [0.25, 0.3) is 10.2 Å². The lowest BCUT2D eigenvalue weighted by Gasteiger charge is -2.23. The van der Waals surface area contributed by atoms with Gasteiger partial charge < -0.3 is 14.7 Å². The molecular weight excluding hydrogens is 278 g/mol. The van der Waals surface area contributed by atoms with E-state index < -0.39 is 0 Å². The first-order valence-electron chi connectivity index (χ1n) is 6.29. The molecule has 0 aliphatic heterocycles. The molecule has 0 aromatic carbocycles. The van der Waals surface area contributed by atoms with Crippen molar-refractivity contribution >= 4 is 33.3 Å². The van der Waals surface area contributed by atoms with Gasteiger partial charge in [-0.3, -0.25) is 5.43 Å². The third-order valence-electron chi connectivity index (χ3n) is 2.86. The highest BCUT2D eigenvalue weighted by Crippen LogP contribution is 2.31. The van der Waals surface area contributed by atoms with Crippen LogP contribution in [0.2, 0.25) is 0 Å². The highest BCUT2D eigenvalue weighted by atomic mass is 32.1. The molecular formula is C12H19N5O2S. The molecule has 0 saturated heterocycles. The van der Waals surface area contributed by atoms with Gasteiger partial charge >= 0.3 is 0 Å². The van der Waals surface area contributed by atoms with Crippen molar-refractivity contribution in [3.8, 4) is 0 Å². The van der Waals surface area contributed by atoms with Gasteiger partial charge in [0.15, 0.2) is 0 Å². The Bertz CT molecular complexity index is 574. The molecule has 2 rings (SSSR count). The number of aryl methyl sites for hydroxylation is 1. The molecule has 0 radical (unpaired) electrons. The van der Waals surface area contributed by atoms with E-state index in [9.17, 15) is 5.11 Å². The van der Waals surface area contributed by atoms with E-state index in [2.05, 4.69) is 15.4 Å². The predicted molar refractivity (Wildman–Crippen MR) is 81.1 cm³/mol. The quantitative estimate of drug-likeness (QED) is 0.512. The molecule has 20 heavy (non-hydrogen) atoms. The van der Waals surface area contributed by atoms with Gasteiger partial charge in [0.2, 0.25) is 5.95 Å². The summed E-state index contributed by atoms with van der Waals surface area (Å²) in [5, 5.41) is 10.2. The first kappa shape index (κ1) is 14.9. The number of fused-ring (bicyclic) bond motifs is 1. The van der Waals surface area contributed by atoms with Crippen molar-refractivity contribution < 1.29 is 9.84 Å². The van der Waals surface area contributed by atoms with Gasteiger partial charge in [-0.1, -0.05) is 0 Å². The third kappa shape index (κ3) is 3.15. The number of aliphatic hydroxyl groups is 1. The number of nitrogen functional groups attached to an aromatic ring is 1. The number of hydrogen-bond acceptors (Lipinski definition) is 8. The molecule has 4 N–H and O–H groups in total. The fourth-order valence-corrected chi connectivity index (χ4v) is 2.85. The number of nitrogens with one attached hydrogen (secondary N) is 1. The Labute approximate surface area is 121 Å². The van der Waals surface area contributed by atoms with Crippen molar-refractivity contribution in [3.05, 3.63) is 10.9 Å². The van der Waals surface area contributed by atoms with Crippen LogP contribution in [0.5, 0.6) is 0 Å². The Balaban J connectivity index is 2.47. The zero-order chi connectivity index (χ0) is 14.5. The monoisotopic (exact) mass is 297 g/mol. The number of methoxy groups -OCH3 is 1. The van der Waals surface area contributed by atoms with E-state index in [1.54, 1.807) is 18.4 Å². The molecule has 8 heteroatoms. The number of hydrogen-bond donors (Lipinski definition) is 3. The maximum atomic E-state index is 9.24. The number of aliphatic hydroxyl groups excluding tert-OH is 1. The number of rotatable bonds is 7. The second-order valence-corrected chi connectivity index (χ2v) is 5.53. The second kappa shape index (κ2) is 6.80. The van der Waals surface area contributed by atoms with E-state index in [4.69, 9.17) is 10.6 Å². The maximum absolute atomic E-state index is 9.24. The Morgan fingerprint density at radius 1 is 1.45 bits per heavy atom. The average molecular weight is 297 g/mol. The number of nitrogens with two attached hydrogens (primary N) is 1. The van der Waals surface area contributed by atoms with Gasteiger partial charge in [0.1, 0.15) is 10.6 Å². The highest BCUT2D eigenvalue weighted by Gasteiger charge is 2.16. The molecule has 2 aromatic heterocycles. The van der Waals surface area contributed by atoms with Gasteiger partial charge in [-0.15, -0.1) is 11.3 Å². The van der Waals surface area contributed by atoms with Crippen LogP contribution in [0.3, 0.4) is 0 Å². The number of hydrazine groups is 1. The molecule has 0 unspecified atom stereocenters. The van der Waals surface area contributed by atoms with E-state index in [0.29, 0.717) is 25.6 Å². The predicted octanol–water partition coefficient (Wildman–Crippen LogP) is 0.730. The smallest absolute Gasteiger partial charge is 0.240 e. The molecule has 0 aliphatic rings. The van der Waals surface area contributed by atoms with Crippen molar-refractivity contribution in [2.75, 3.05) is 43.7 Å². The average Bonchev–Trinajstić information content (AvgIpc) is 2.82. The van der Waals surface area contributed by atoms with Crippen molar-refractivity contribution in [3.63, 3.8) is 0 Å². The largest absolute Gasteiger partial charge is 0.395 e. The minimum absolute atomic E-state index is 0.0454. The lowest BCUT2D eigenvalue weighted by atomic mass is 10.3. The molecule has 0 amide bonds.